The van der Waals surface area contributed by atoms with Gasteiger partial charge in [0.15, 0.2) is 0 Å². The highest BCUT2D eigenvalue weighted by Gasteiger charge is 2.56. The van der Waals surface area contributed by atoms with E-state index in [2.05, 4.69) is 5.32 Å². The summed E-state index contributed by atoms with van der Waals surface area (Å²) in [6.45, 7) is 2.21. The summed E-state index contributed by atoms with van der Waals surface area (Å²) in [4.78, 5) is 23.6. The van der Waals surface area contributed by atoms with E-state index in [0.29, 0.717) is 18.3 Å². The van der Waals surface area contributed by atoms with E-state index in [-0.39, 0.29) is 18.4 Å². The highest BCUT2D eigenvalue weighted by Crippen LogP contribution is 2.57. The van der Waals surface area contributed by atoms with Gasteiger partial charge < -0.3 is 10.4 Å². The third-order valence-corrected chi connectivity index (χ3v) is 5.31. The van der Waals surface area contributed by atoms with Gasteiger partial charge in [0.1, 0.15) is 0 Å². The fourth-order valence-electron chi connectivity index (χ4n) is 3.90. The van der Waals surface area contributed by atoms with Crippen LogP contribution in [0.15, 0.2) is 24.3 Å². The van der Waals surface area contributed by atoms with E-state index in [1.807, 2.05) is 31.2 Å². The number of amides is 1. The predicted molar refractivity (Wildman–Crippen MR) is 83.3 cm³/mol. The van der Waals surface area contributed by atoms with Crippen molar-refractivity contribution in [1.29, 1.82) is 0 Å². The number of aliphatic carboxylic acids is 1. The molecule has 0 aliphatic heterocycles. The molecule has 2 fully saturated rings. The minimum Gasteiger partial charge on any atom is -0.481 e. The number of rotatable bonds is 6. The Balaban J connectivity index is 1.55. The van der Waals surface area contributed by atoms with Crippen molar-refractivity contribution in [3.63, 3.8) is 0 Å². The van der Waals surface area contributed by atoms with E-state index in [1.165, 1.54) is 6.42 Å². The van der Waals surface area contributed by atoms with Gasteiger partial charge in [0.25, 0.3) is 0 Å². The van der Waals surface area contributed by atoms with E-state index in [1.54, 1.807) is 0 Å². The lowest BCUT2D eigenvalue weighted by molar-refractivity contribution is -0.141. The molecule has 2 aliphatic rings. The normalized spacial score (nSPS) is 27.0. The van der Waals surface area contributed by atoms with Crippen LogP contribution >= 0.6 is 0 Å². The van der Waals surface area contributed by atoms with Gasteiger partial charge in [0.2, 0.25) is 5.91 Å². The number of hydrogen-bond acceptors (Lipinski definition) is 2. The van der Waals surface area contributed by atoms with Gasteiger partial charge in [-0.15, -0.1) is 0 Å². The van der Waals surface area contributed by atoms with Crippen molar-refractivity contribution in [3.05, 3.63) is 35.4 Å². The number of benzene rings is 1. The fraction of sp³-hybridized carbons (Fsp3) is 0.556. The van der Waals surface area contributed by atoms with Crippen LogP contribution < -0.4 is 5.32 Å². The molecule has 0 saturated heterocycles. The number of fused-ring (bicyclic) bond motifs is 1. The molecular formula is C18H23NO3. The van der Waals surface area contributed by atoms with E-state index in [9.17, 15) is 14.7 Å². The monoisotopic (exact) mass is 301 g/mol. The van der Waals surface area contributed by atoms with Crippen molar-refractivity contribution in [2.45, 2.75) is 32.6 Å². The summed E-state index contributed by atoms with van der Waals surface area (Å²) in [7, 11) is 0. The Kier molecular flexibility index (Phi) is 4.19. The largest absolute Gasteiger partial charge is 0.481 e. The van der Waals surface area contributed by atoms with Gasteiger partial charge in [0.05, 0.1) is 5.92 Å². The summed E-state index contributed by atoms with van der Waals surface area (Å²) >= 11 is 0. The Morgan fingerprint density at radius 2 is 1.95 bits per heavy atom. The summed E-state index contributed by atoms with van der Waals surface area (Å²) in [6.07, 6.45) is 4.02. The average Bonchev–Trinajstić information content (AvgIpc) is 2.97. The molecule has 4 heteroatoms. The zero-order chi connectivity index (χ0) is 15.7. The minimum absolute atomic E-state index is 0.0609. The number of hydrogen-bond donors (Lipinski definition) is 2. The van der Waals surface area contributed by atoms with Gasteiger partial charge in [-0.05, 0) is 49.1 Å². The smallest absolute Gasteiger partial charge is 0.308 e. The number of aryl methyl sites for hydroxylation is 1. The zero-order valence-electron chi connectivity index (χ0n) is 12.9. The first-order valence-electron chi connectivity index (χ1n) is 8.13. The van der Waals surface area contributed by atoms with Crippen LogP contribution in [0.5, 0.6) is 0 Å². The van der Waals surface area contributed by atoms with Crippen molar-refractivity contribution in [2.75, 3.05) is 6.54 Å². The fourth-order valence-corrected chi connectivity index (χ4v) is 3.90. The maximum absolute atomic E-state index is 12.2. The molecule has 2 saturated carbocycles. The van der Waals surface area contributed by atoms with Gasteiger partial charge in [-0.2, -0.15) is 0 Å². The second-order valence-electron chi connectivity index (χ2n) is 6.70. The molecule has 0 heterocycles. The lowest BCUT2D eigenvalue weighted by Gasteiger charge is -2.15. The molecule has 2 aliphatic carbocycles. The molecule has 1 aromatic rings. The number of carbonyl (C=O) groups is 2. The summed E-state index contributed by atoms with van der Waals surface area (Å²) in [6, 6.07) is 7.81. The van der Waals surface area contributed by atoms with Crippen LogP contribution in [0.1, 0.15) is 30.4 Å². The summed E-state index contributed by atoms with van der Waals surface area (Å²) in [5.74, 6) is -0.0603. The molecule has 3 rings (SSSR count). The summed E-state index contributed by atoms with van der Waals surface area (Å²) in [5.41, 5.74) is 2.13. The maximum atomic E-state index is 12.2. The standard InChI is InChI=1S/C18H23NO3/c1-11-5-2-3-6-12(11)9-13(18(21)22)10-19-17(20)16-14-7-4-8-15(14)16/h2-3,5-6,13-16H,4,7-10H2,1H3,(H,19,20)(H,21,22)/t13-,14+,15+/m1/s1. The second kappa shape index (κ2) is 6.11. The third-order valence-electron chi connectivity index (χ3n) is 5.31. The second-order valence-corrected chi connectivity index (χ2v) is 6.70. The van der Waals surface area contributed by atoms with Crippen LogP contribution in [0, 0.1) is 30.6 Å². The number of carbonyl (C=O) groups excluding carboxylic acids is 1. The summed E-state index contributed by atoms with van der Waals surface area (Å²) < 4.78 is 0. The summed E-state index contributed by atoms with van der Waals surface area (Å²) in [5, 5.41) is 12.3. The maximum Gasteiger partial charge on any atom is 0.308 e. The average molecular weight is 301 g/mol. The van der Waals surface area contributed by atoms with Crippen LogP contribution in [-0.4, -0.2) is 23.5 Å². The number of nitrogens with one attached hydrogen (secondary N) is 1. The van der Waals surface area contributed by atoms with Crippen LogP contribution in [-0.2, 0) is 16.0 Å². The van der Waals surface area contributed by atoms with Gasteiger partial charge in [0, 0.05) is 12.5 Å². The van der Waals surface area contributed by atoms with Crippen molar-refractivity contribution in [2.24, 2.45) is 23.7 Å². The van der Waals surface area contributed by atoms with E-state index >= 15 is 0 Å². The third kappa shape index (κ3) is 3.01. The van der Waals surface area contributed by atoms with E-state index in [0.717, 1.165) is 24.0 Å². The molecule has 2 N–H and O–H groups in total. The van der Waals surface area contributed by atoms with Gasteiger partial charge in [-0.25, -0.2) is 0 Å². The van der Waals surface area contributed by atoms with Crippen molar-refractivity contribution < 1.29 is 14.7 Å². The zero-order valence-corrected chi connectivity index (χ0v) is 12.9. The molecule has 4 nitrogen and oxygen atoms in total. The Bertz CT molecular complexity index is 573. The predicted octanol–water partition coefficient (Wildman–Crippen LogP) is 2.40. The highest BCUT2D eigenvalue weighted by atomic mass is 16.4. The Labute approximate surface area is 130 Å². The lowest BCUT2D eigenvalue weighted by atomic mass is 9.96. The van der Waals surface area contributed by atoms with E-state index in [4.69, 9.17) is 0 Å². The number of carboxylic acids is 1. The quantitative estimate of drug-likeness (QED) is 0.848. The van der Waals surface area contributed by atoms with Crippen LogP contribution in [0.3, 0.4) is 0 Å². The Hall–Kier alpha value is -1.84. The molecule has 1 aromatic carbocycles. The molecular weight excluding hydrogens is 278 g/mol. The molecule has 0 spiro atoms. The van der Waals surface area contributed by atoms with Crippen molar-refractivity contribution in [3.8, 4) is 0 Å². The lowest BCUT2D eigenvalue weighted by Crippen LogP contribution is -2.35. The first kappa shape index (κ1) is 15.1. The molecule has 3 atom stereocenters. The first-order valence-corrected chi connectivity index (χ1v) is 8.13. The SMILES string of the molecule is Cc1ccccc1C[C@H](CNC(=O)C1[C@H]2CCC[C@H]12)C(=O)O. The topological polar surface area (TPSA) is 66.4 Å². The first-order chi connectivity index (χ1) is 10.6. The van der Waals surface area contributed by atoms with Gasteiger partial charge >= 0.3 is 5.97 Å². The molecule has 0 bridgehead atoms. The molecule has 118 valence electrons. The van der Waals surface area contributed by atoms with Crippen LogP contribution in [0.25, 0.3) is 0 Å². The molecule has 22 heavy (non-hydrogen) atoms. The Morgan fingerprint density at radius 3 is 2.59 bits per heavy atom. The van der Waals surface area contributed by atoms with E-state index < -0.39 is 11.9 Å². The molecule has 1 amide bonds. The number of carboxylic acid groups (broad SMARTS) is 1. The van der Waals surface area contributed by atoms with Crippen molar-refractivity contribution in [1.82, 2.24) is 5.32 Å². The van der Waals surface area contributed by atoms with Crippen LogP contribution in [0.4, 0.5) is 0 Å². The van der Waals surface area contributed by atoms with Gasteiger partial charge in [-0.1, -0.05) is 30.7 Å². The minimum atomic E-state index is -0.848. The Morgan fingerprint density at radius 1 is 1.27 bits per heavy atom. The van der Waals surface area contributed by atoms with Gasteiger partial charge in [-0.3, -0.25) is 9.59 Å². The van der Waals surface area contributed by atoms with Crippen molar-refractivity contribution >= 4 is 11.9 Å². The van der Waals surface area contributed by atoms with Crippen LogP contribution in [0.2, 0.25) is 0 Å². The highest BCUT2D eigenvalue weighted by molar-refractivity contribution is 5.83. The molecule has 0 radical (unpaired) electrons. The molecule has 0 aromatic heterocycles. The molecule has 0 unspecified atom stereocenters.